The van der Waals surface area contributed by atoms with Gasteiger partial charge < -0.3 is 10.1 Å². The quantitative estimate of drug-likeness (QED) is 0.605. The number of benzene rings is 1. The number of nitrogens with one attached hydrogen (secondary N) is 1. The van der Waals surface area contributed by atoms with Gasteiger partial charge in [-0.2, -0.15) is 0 Å². The van der Waals surface area contributed by atoms with Crippen molar-refractivity contribution in [2.45, 2.75) is 18.8 Å². The molecule has 1 aromatic rings. The molecule has 24 heavy (non-hydrogen) atoms. The molecule has 1 fully saturated rings. The normalized spacial score (nSPS) is 16.5. The highest BCUT2D eigenvalue weighted by Gasteiger charge is 2.32. The lowest BCUT2D eigenvalue weighted by molar-refractivity contribution is -0.274. The third kappa shape index (κ3) is 6.47. The van der Waals surface area contributed by atoms with Crippen LogP contribution >= 0.6 is 24.8 Å². The first-order valence-corrected chi connectivity index (χ1v) is 7.01. The van der Waals surface area contributed by atoms with Gasteiger partial charge in [-0.05, 0) is 24.6 Å². The van der Waals surface area contributed by atoms with Crippen molar-refractivity contribution in [3.8, 4) is 5.75 Å². The molecule has 3 nitrogen and oxygen atoms in total. The Morgan fingerprint density at radius 2 is 1.88 bits per heavy atom. The molecule has 1 atom stereocenters. The minimum Gasteiger partial charge on any atom is -0.406 e. The van der Waals surface area contributed by atoms with Crippen LogP contribution in [-0.2, 0) is 0 Å². The average Bonchev–Trinajstić information content (AvgIpc) is 2.46. The van der Waals surface area contributed by atoms with Crippen LogP contribution in [-0.4, -0.2) is 37.4 Å². The fourth-order valence-corrected chi connectivity index (χ4v) is 2.60. The van der Waals surface area contributed by atoms with Gasteiger partial charge >= 0.3 is 6.36 Å². The second kappa shape index (κ2) is 10.1. The van der Waals surface area contributed by atoms with E-state index in [1.54, 1.807) is 6.08 Å². The van der Waals surface area contributed by atoms with Crippen LogP contribution in [0.1, 0.15) is 18.0 Å². The summed E-state index contributed by atoms with van der Waals surface area (Å²) in [4.78, 5) is 2.04. The maximum absolute atomic E-state index is 14.1. The van der Waals surface area contributed by atoms with E-state index in [9.17, 15) is 17.6 Å². The maximum Gasteiger partial charge on any atom is 0.573 e. The van der Waals surface area contributed by atoms with Gasteiger partial charge in [-0.25, -0.2) is 4.39 Å². The molecule has 138 valence electrons. The van der Waals surface area contributed by atoms with Crippen LogP contribution in [0.25, 0.3) is 0 Å². The number of alkyl halides is 3. The number of halogens is 6. The Balaban J connectivity index is 0.00000264. The minimum absolute atomic E-state index is 0. The van der Waals surface area contributed by atoms with Gasteiger partial charge in [0.05, 0.1) is 0 Å². The number of hydrogen-bond donors (Lipinski definition) is 1. The highest BCUT2D eigenvalue weighted by molar-refractivity contribution is 5.85. The van der Waals surface area contributed by atoms with Crippen LogP contribution < -0.4 is 10.1 Å². The molecule has 1 aliphatic heterocycles. The summed E-state index contributed by atoms with van der Waals surface area (Å²) in [7, 11) is 0. The van der Waals surface area contributed by atoms with E-state index in [0.717, 1.165) is 31.3 Å². The number of ether oxygens (including phenoxy) is 1. The third-order valence-corrected chi connectivity index (χ3v) is 3.54. The highest BCUT2D eigenvalue weighted by atomic mass is 35.5. The lowest BCUT2D eigenvalue weighted by Gasteiger charge is -2.35. The fraction of sp³-hybridized carbons (Fsp3) is 0.467. The zero-order valence-electron chi connectivity index (χ0n) is 12.8. The standard InChI is InChI=1S/C15H18F4N2O.2ClH/c1-2-3-14(21-8-6-20-7-9-21)12-10-11(4-5-13(12)16)22-15(17,18)19;;/h2,4-5,10,14,20H,1,3,6-9H2;2*1H/t14-;;/m1../s1. The molecule has 1 saturated heterocycles. The first-order valence-electron chi connectivity index (χ1n) is 7.01. The molecule has 1 aromatic carbocycles. The SMILES string of the molecule is C=CC[C@H](c1cc(OC(F)(F)F)ccc1F)N1CCNCC1.Cl.Cl. The molecule has 0 saturated carbocycles. The second-order valence-corrected chi connectivity index (χ2v) is 5.06. The Morgan fingerprint density at radius 3 is 2.42 bits per heavy atom. The summed E-state index contributed by atoms with van der Waals surface area (Å²) >= 11 is 0. The van der Waals surface area contributed by atoms with Crippen molar-refractivity contribution in [2.75, 3.05) is 26.2 Å². The van der Waals surface area contributed by atoms with Gasteiger partial charge in [0.25, 0.3) is 0 Å². The smallest absolute Gasteiger partial charge is 0.406 e. The van der Waals surface area contributed by atoms with Crippen LogP contribution in [0.15, 0.2) is 30.9 Å². The molecule has 1 aliphatic rings. The van der Waals surface area contributed by atoms with Crippen LogP contribution in [0.3, 0.4) is 0 Å². The number of nitrogens with zero attached hydrogens (tertiary/aromatic N) is 1. The highest BCUT2D eigenvalue weighted by Crippen LogP contribution is 2.32. The largest absolute Gasteiger partial charge is 0.573 e. The lowest BCUT2D eigenvalue weighted by atomic mass is 10.00. The molecule has 0 unspecified atom stereocenters. The van der Waals surface area contributed by atoms with E-state index in [4.69, 9.17) is 0 Å². The molecular weight excluding hydrogens is 371 g/mol. The predicted molar refractivity (Wildman–Crippen MR) is 89.6 cm³/mol. The zero-order valence-corrected chi connectivity index (χ0v) is 14.4. The summed E-state index contributed by atoms with van der Waals surface area (Å²) in [6.45, 7) is 6.57. The lowest BCUT2D eigenvalue weighted by Crippen LogP contribution is -2.45. The van der Waals surface area contributed by atoms with Gasteiger partial charge in [-0.1, -0.05) is 6.08 Å². The molecule has 9 heteroatoms. The van der Waals surface area contributed by atoms with Crippen LogP contribution in [0.4, 0.5) is 17.6 Å². The molecule has 0 spiro atoms. The van der Waals surface area contributed by atoms with Gasteiger partial charge in [-0.3, -0.25) is 4.90 Å². The van der Waals surface area contributed by atoms with Crippen LogP contribution in [0.2, 0.25) is 0 Å². The molecule has 0 radical (unpaired) electrons. The molecule has 1 heterocycles. The van der Waals surface area contributed by atoms with Crippen LogP contribution in [0.5, 0.6) is 5.75 Å². The second-order valence-electron chi connectivity index (χ2n) is 5.06. The van der Waals surface area contributed by atoms with E-state index in [1.165, 1.54) is 0 Å². The third-order valence-electron chi connectivity index (χ3n) is 3.54. The Morgan fingerprint density at radius 1 is 1.25 bits per heavy atom. The Bertz CT molecular complexity index is 523. The average molecular weight is 391 g/mol. The molecular formula is C15H20Cl2F4N2O. The van der Waals surface area contributed by atoms with Crippen LogP contribution in [0, 0.1) is 5.82 Å². The van der Waals surface area contributed by atoms with Crippen molar-refractivity contribution in [2.24, 2.45) is 0 Å². The molecule has 0 bridgehead atoms. The zero-order chi connectivity index (χ0) is 16.2. The minimum atomic E-state index is -4.79. The number of hydrogen-bond acceptors (Lipinski definition) is 3. The molecule has 2 rings (SSSR count). The Kier molecular flexibility index (Phi) is 9.65. The summed E-state index contributed by atoms with van der Waals surface area (Å²) in [6.07, 6.45) is -2.70. The van der Waals surface area contributed by atoms with Crippen molar-refractivity contribution in [1.82, 2.24) is 10.2 Å². The Labute approximate surface area is 150 Å². The summed E-state index contributed by atoms with van der Waals surface area (Å²) in [6, 6.07) is 2.76. The molecule has 0 aromatic heterocycles. The predicted octanol–water partition coefficient (Wildman–Crippen LogP) is 4.09. The van der Waals surface area contributed by atoms with E-state index in [1.807, 2.05) is 4.90 Å². The Hall–Kier alpha value is -1.02. The number of piperazine rings is 1. The first-order chi connectivity index (χ1) is 10.4. The van der Waals surface area contributed by atoms with E-state index in [2.05, 4.69) is 16.6 Å². The van der Waals surface area contributed by atoms with Gasteiger partial charge in [0.15, 0.2) is 0 Å². The molecule has 0 aliphatic carbocycles. The van der Waals surface area contributed by atoms with E-state index in [0.29, 0.717) is 19.5 Å². The van der Waals surface area contributed by atoms with Crippen molar-refractivity contribution in [1.29, 1.82) is 0 Å². The van der Waals surface area contributed by atoms with Gasteiger partial charge in [0.2, 0.25) is 0 Å². The maximum atomic E-state index is 14.1. The van der Waals surface area contributed by atoms with E-state index >= 15 is 0 Å². The van der Waals surface area contributed by atoms with E-state index in [-0.39, 0.29) is 36.4 Å². The van der Waals surface area contributed by atoms with Crippen molar-refractivity contribution < 1.29 is 22.3 Å². The molecule has 1 N–H and O–H groups in total. The van der Waals surface area contributed by atoms with E-state index < -0.39 is 17.9 Å². The summed E-state index contributed by atoms with van der Waals surface area (Å²) in [5.74, 6) is -0.951. The van der Waals surface area contributed by atoms with Gasteiger partial charge in [-0.15, -0.1) is 44.6 Å². The summed E-state index contributed by atoms with van der Waals surface area (Å²) in [5.41, 5.74) is 0.198. The summed E-state index contributed by atoms with van der Waals surface area (Å²) in [5, 5.41) is 3.19. The van der Waals surface area contributed by atoms with Crippen molar-refractivity contribution >= 4 is 24.8 Å². The first kappa shape index (κ1) is 23.0. The van der Waals surface area contributed by atoms with Gasteiger partial charge in [0.1, 0.15) is 11.6 Å². The van der Waals surface area contributed by atoms with Crippen molar-refractivity contribution in [3.63, 3.8) is 0 Å². The monoisotopic (exact) mass is 390 g/mol. The van der Waals surface area contributed by atoms with Gasteiger partial charge in [0, 0.05) is 37.8 Å². The van der Waals surface area contributed by atoms with Crippen molar-refractivity contribution in [3.05, 3.63) is 42.2 Å². The molecule has 0 amide bonds. The topological polar surface area (TPSA) is 24.5 Å². The fourth-order valence-electron chi connectivity index (χ4n) is 2.60. The summed E-state index contributed by atoms with van der Waals surface area (Å²) < 4.78 is 55.0. The number of rotatable bonds is 5.